The number of nitrogens with zero attached hydrogens (tertiary/aromatic N) is 3. The van der Waals surface area contributed by atoms with Gasteiger partial charge in [0.15, 0.2) is 0 Å². The number of rotatable bonds is 4. The van der Waals surface area contributed by atoms with Crippen LogP contribution < -0.4 is 0 Å². The summed E-state index contributed by atoms with van der Waals surface area (Å²) >= 11 is 12.1. The minimum atomic E-state index is -0.905. The average Bonchev–Trinajstić information content (AvgIpc) is 3.14. The van der Waals surface area contributed by atoms with Crippen molar-refractivity contribution < 1.29 is 5.11 Å². The molecule has 2 aromatic carbocycles. The van der Waals surface area contributed by atoms with Crippen molar-refractivity contribution >= 4 is 23.2 Å². The third-order valence-corrected chi connectivity index (χ3v) is 5.19. The van der Waals surface area contributed by atoms with Crippen LogP contribution in [0.25, 0.3) is 16.8 Å². The molecule has 0 bridgehead atoms. The van der Waals surface area contributed by atoms with E-state index in [4.69, 9.17) is 23.2 Å². The molecule has 140 valence electrons. The largest absolute Gasteiger partial charge is 0.382 e. The molecule has 4 rings (SSSR count). The van der Waals surface area contributed by atoms with Gasteiger partial charge in [-0.2, -0.15) is 0 Å². The van der Waals surface area contributed by atoms with Gasteiger partial charge in [0.1, 0.15) is 12.4 Å². The maximum atomic E-state index is 11.3. The van der Waals surface area contributed by atoms with Crippen LogP contribution in [0.15, 0.2) is 73.3 Å². The highest BCUT2D eigenvalue weighted by Crippen LogP contribution is 2.35. The van der Waals surface area contributed by atoms with Crippen LogP contribution in [0.5, 0.6) is 0 Å². The van der Waals surface area contributed by atoms with Crippen LogP contribution in [0.1, 0.15) is 23.1 Å². The third kappa shape index (κ3) is 3.54. The van der Waals surface area contributed by atoms with E-state index >= 15 is 0 Å². The minimum absolute atomic E-state index is 0.656. The van der Waals surface area contributed by atoms with Crippen LogP contribution in [-0.2, 0) is 0 Å². The Balaban J connectivity index is 1.92. The molecule has 1 atom stereocenters. The standard InChI is InChI=1S/C22H17Cl2N3O/c1-14-20(12-25-13-26-14)22(28)21-19(15-2-4-16(23)5-3-15)10-11-27(21)18-8-6-17(24)7-9-18/h2-13,22,28H,1H3. The summed E-state index contributed by atoms with van der Waals surface area (Å²) in [4.78, 5) is 8.31. The van der Waals surface area contributed by atoms with Gasteiger partial charge in [0.05, 0.1) is 5.69 Å². The van der Waals surface area contributed by atoms with Gasteiger partial charge in [-0.1, -0.05) is 35.3 Å². The van der Waals surface area contributed by atoms with E-state index in [0.717, 1.165) is 28.2 Å². The van der Waals surface area contributed by atoms with Crippen LogP contribution in [0, 0.1) is 6.92 Å². The van der Waals surface area contributed by atoms with E-state index in [9.17, 15) is 5.11 Å². The van der Waals surface area contributed by atoms with Crippen LogP contribution >= 0.6 is 23.2 Å². The maximum absolute atomic E-state index is 11.3. The van der Waals surface area contributed by atoms with Crippen molar-refractivity contribution in [2.24, 2.45) is 0 Å². The first-order valence-corrected chi connectivity index (χ1v) is 9.48. The molecule has 0 spiro atoms. The summed E-state index contributed by atoms with van der Waals surface area (Å²) in [6.45, 7) is 1.86. The fourth-order valence-electron chi connectivity index (χ4n) is 3.24. The van der Waals surface area contributed by atoms with Crippen LogP contribution in [0.3, 0.4) is 0 Å². The lowest BCUT2D eigenvalue weighted by Gasteiger charge is -2.19. The van der Waals surface area contributed by atoms with Gasteiger partial charge in [0.2, 0.25) is 0 Å². The Labute approximate surface area is 173 Å². The molecule has 28 heavy (non-hydrogen) atoms. The second-order valence-corrected chi connectivity index (χ2v) is 7.31. The maximum Gasteiger partial charge on any atom is 0.123 e. The number of benzene rings is 2. The molecule has 4 nitrogen and oxygen atoms in total. The first-order valence-electron chi connectivity index (χ1n) is 8.72. The van der Waals surface area contributed by atoms with E-state index in [1.54, 1.807) is 6.20 Å². The molecular formula is C22H17Cl2N3O. The van der Waals surface area contributed by atoms with Crippen LogP contribution in [0.4, 0.5) is 0 Å². The predicted molar refractivity (Wildman–Crippen MR) is 112 cm³/mol. The molecule has 0 aliphatic carbocycles. The van der Waals surface area contributed by atoms with Crippen molar-refractivity contribution in [3.63, 3.8) is 0 Å². The highest BCUT2D eigenvalue weighted by atomic mass is 35.5. The summed E-state index contributed by atoms with van der Waals surface area (Å²) in [5.74, 6) is 0. The van der Waals surface area contributed by atoms with Gasteiger partial charge in [-0.05, 0) is 55.0 Å². The number of halogens is 2. The highest BCUT2D eigenvalue weighted by Gasteiger charge is 2.23. The molecule has 6 heteroatoms. The molecule has 0 aliphatic rings. The minimum Gasteiger partial charge on any atom is -0.382 e. The molecule has 1 unspecified atom stereocenters. The third-order valence-electron chi connectivity index (χ3n) is 4.69. The van der Waals surface area contributed by atoms with Crippen molar-refractivity contribution in [3.05, 3.63) is 100 Å². The van der Waals surface area contributed by atoms with Crippen molar-refractivity contribution in [2.45, 2.75) is 13.0 Å². The molecule has 0 saturated heterocycles. The van der Waals surface area contributed by atoms with Gasteiger partial charge >= 0.3 is 0 Å². The van der Waals surface area contributed by atoms with E-state index in [0.29, 0.717) is 15.6 Å². The van der Waals surface area contributed by atoms with E-state index in [2.05, 4.69) is 9.97 Å². The van der Waals surface area contributed by atoms with Crippen molar-refractivity contribution in [1.82, 2.24) is 14.5 Å². The predicted octanol–water partition coefficient (Wildman–Crippen LogP) is 5.63. The van der Waals surface area contributed by atoms with Gasteiger partial charge in [-0.3, -0.25) is 0 Å². The molecule has 4 aromatic rings. The van der Waals surface area contributed by atoms with Gasteiger partial charge in [-0.25, -0.2) is 9.97 Å². The van der Waals surface area contributed by atoms with Crippen LogP contribution in [0.2, 0.25) is 10.0 Å². The fourth-order valence-corrected chi connectivity index (χ4v) is 3.49. The summed E-state index contributed by atoms with van der Waals surface area (Å²) in [5, 5.41) is 12.6. The molecular weight excluding hydrogens is 393 g/mol. The average molecular weight is 410 g/mol. The van der Waals surface area contributed by atoms with E-state index in [1.165, 1.54) is 6.33 Å². The molecule has 0 aliphatic heterocycles. The molecule has 0 amide bonds. The number of aliphatic hydroxyl groups is 1. The second kappa shape index (κ2) is 7.76. The van der Waals surface area contributed by atoms with Gasteiger partial charge in [0.25, 0.3) is 0 Å². The number of hydrogen-bond donors (Lipinski definition) is 1. The number of aliphatic hydroxyl groups excluding tert-OH is 1. The molecule has 0 saturated carbocycles. The lowest BCUT2D eigenvalue weighted by atomic mass is 9.99. The Morgan fingerprint density at radius 1 is 0.929 bits per heavy atom. The second-order valence-electron chi connectivity index (χ2n) is 6.43. The zero-order chi connectivity index (χ0) is 19.7. The number of aryl methyl sites for hydroxylation is 1. The fraction of sp³-hybridized carbons (Fsp3) is 0.0909. The summed E-state index contributed by atoms with van der Waals surface area (Å²) in [6.07, 6.45) is 4.16. The monoisotopic (exact) mass is 409 g/mol. The summed E-state index contributed by atoms with van der Waals surface area (Å²) in [6, 6.07) is 17.0. The number of hydrogen-bond acceptors (Lipinski definition) is 3. The van der Waals surface area contributed by atoms with Crippen LogP contribution in [-0.4, -0.2) is 19.6 Å². The van der Waals surface area contributed by atoms with E-state index < -0.39 is 6.10 Å². The summed E-state index contributed by atoms with van der Waals surface area (Å²) in [7, 11) is 0. The summed E-state index contributed by atoms with van der Waals surface area (Å²) in [5.41, 5.74) is 4.87. The van der Waals surface area contributed by atoms with E-state index in [-0.39, 0.29) is 0 Å². The first kappa shape index (κ1) is 18.7. The topological polar surface area (TPSA) is 50.9 Å². The van der Waals surface area contributed by atoms with Crippen molar-refractivity contribution in [2.75, 3.05) is 0 Å². The molecule has 2 heterocycles. The normalized spacial score (nSPS) is 12.1. The van der Waals surface area contributed by atoms with E-state index in [1.807, 2.05) is 72.3 Å². The quantitative estimate of drug-likeness (QED) is 0.474. The number of aromatic nitrogens is 3. The van der Waals surface area contributed by atoms with Crippen molar-refractivity contribution in [3.8, 4) is 16.8 Å². The van der Waals surface area contributed by atoms with Crippen molar-refractivity contribution in [1.29, 1.82) is 0 Å². The molecule has 1 N–H and O–H groups in total. The lowest BCUT2D eigenvalue weighted by Crippen LogP contribution is -2.10. The molecule has 0 radical (unpaired) electrons. The Morgan fingerprint density at radius 2 is 1.57 bits per heavy atom. The highest BCUT2D eigenvalue weighted by molar-refractivity contribution is 6.30. The van der Waals surface area contributed by atoms with Gasteiger partial charge in [0, 0.05) is 44.9 Å². The Hall–Kier alpha value is -2.66. The Bertz CT molecular complexity index is 1040. The Morgan fingerprint density at radius 3 is 2.21 bits per heavy atom. The smallest absolute Gasteiger partial charge is 0.123 e. The zero-order valence-electron chi connectivity index (χ0n) is 15.1. The molecule has 2 aromatic heterocycles. The first-order chi connectivity index (χ1) is 13.5. The molecule has 0 fully saturated rings. The Kier molecular flexibility index (Phi) is 5.18. The van der Waals surface area contributed by atoms with Gasteiger partial charge in [-0.15, -0.1) is 0 Å². The lowest BCUT2D eigenvalue weighted by molar-refractivity contribution is 0.212. The summed E-state index contributed by atoms with van der Waals surface area (Å²) < 4.78 is 1.96. The van der Waals surface area contributed by atoms with Gasteiger partial charge < -0.3 is 9.67 Å². The zero-order valence-corrected chi connectivity index (χ0v) is 16.6. The SMILES string of the molecule is Cc1ncncc1C(O)c1c(-c2ccc(Cl)cc2)ccn1-c1ccc(Cl)cc1.